The number of anilines is 1. The van der Waals surface area contributed by atoms with Crippen molar-refractivity contribution in [1.29, 1.82) is 0 Å². The quantitative estimate of drug-likeness (QED) is 0.424. The van der Waals surface area contributed by atoms with E-state index in [0.29, 0.717) is 35.0 Å². The van der Waals surface area contributed by atoms with Gasteiger partial charge in [0.25, 0.3) is 0 Å². The van der Waals surface area contributed by atoms with Crippen LogP contribution in [0.3, 0.4) is 0 Å². The maximum absolute atomic E-state index is 15.2. The molecule has 1 amide bonds. The van der Waals surface area contributed by atoms with E-state index < -0.39 is 53.8 Å². The normalized spacial score (nSPS) is 24.6. The molecule has 37 heavy (non-hydrogen) atoms. The zero-order valence-corrected chi connectivity index (χ0v) is 20.4. The summed E-state index contributed by atoms with van der Waals surface area (Å²) in [7, 11) is 0. The number of carbonyl (C=O) groups excluding carboxylic acids is 1. The molecule has 2 aromatic rings. The molecule has 2 heterocycles. The molecule has 4 N–H and O–H groups in total. The summed E-state index contributed by atoms with van der Waals surface area (Å²) in [5.74, 6) is -1.17. The Kier molecular flexibility index (Phi) is 6.27. The number of rotatable bonds is 8. The van der Waals surface area contributed by atoms with E-state index in [9.17, 15) is 28.9 Å². The largest absolute Gasteiger partial charge is 0.486 e. The van der Waals surface area contributed by atoms with Gasteiger partial charge in [-0.2, -0.15) is 0 Å². The Bertz CT molecular complexity index is 1300. The molecule has 2 fully saturated rings. The van der Waals surface area contributed by atoms with E-state index in [-0.39, 0.29) is 18.8 Å². The van der Waals surface area contributed by atoms with Gasteiger partial charge in [0.2, 0.25) is 5.91 Å². The van der Waals surface area contributed by atoms with Crippen LogP contribution >= 0.6 is 0 Å². The molecule has 1 saturated heterocycles. The topological polar surface area (TPSA) is 113 Å². The second-order valence-corrected chi connectivity index (χ2v) is 10.6. The van der Waals surface area contributed by atoms with Gasteiger partial charge >= 0.3 is 6.29 Å². The summed E-state index contributed by atoms with van der Waals surface area (Å²) in [6, 6.07) is 4.47. The third kappa shape index (κ3) is 4.59. The Morgan fingerprint density at radius 2 is 1.92 bits per heavy atom. The molecule has 0 spiro atoms. The molecule has 1 aromatic carbocycles. The summed E-state index contributed by atoms with van der Waals surface area (Å²) in [5.41, 5.74) is -0.184. The Balaban J connectivity index is 1.44. The molecule has 11 heteroatoms. The van der Waals surface area contributed by atoms with Crippen LogP contribution in [0.25, 0.3) is 10.9 Å². The number of carbonyl (C=O) groups is 1. The molecule has 8 nitrogen and oxygen atoms in total. The first-order valence-corrected chi connectivity index (χ1v) is 12.1. The van der Waals surface area contributed by atoms with E-state index in [1.54, 1.807) is 30.6 Å². The standard InChI is InChI=1S/C26H29F3N2O6/c1-24(2,13-33)22-8-14-7-18(17(27)10-19(14)31(22)11-16(34)12-32)30-23(35)25(5-6-25)15-3-4-20-21(9-15)37-26(28,29)36-20/h3-4,7-10,16,20-21,32-34H,5-6,11-13H2,1-2H3,(H,30,35). The molecule has 2 aliphatic carbocycles. The van der Waals surface area contributed by atoms with Gasteiger partial charge in [-0.05, 0) is 36.6 Å². The average molecular weight is 523 g/mol. The first-order chi connectivity index (χ1) is 17.4. The fraction of sp³-hybridized carbons (Fsp3) is 0.500. The van der Waals surface area contributed by atoms with Crippen molar-refractivity contribution in [2.75, 3.05) is 18.5 Å². The van der Waals surface area contributed by atoms with Gasteiger partial charge in [0.1, 0.15) is 18.0 Å². The molecular weight excluding hydrogens is 493 g/mol. The summed E-state index contributed by atoms with van der Waals surface area (Å²) >= 11 is 0. The number of nitrogens with one attached hydrogen (secondary N) is 1. The Morgan fingerprint density at radius 3 is 2.57 bits per heavy atom. The molecular formula is C26H29F3N2O6. The van der Waals surface area contributed by atoms with Crippen LogP contribution in [-0.4, -0.2) is 63.6 Å². The van der Waals surface area contributed by atoms with Gasteiger partial charge in [0, 0.05) is 22.6 Å². The van der Waals surface area contributed by atoms with Crippen LogP contribution in [0.2, 0.25) is 0 Å². The fourth-order valence-electron chi connectivity index (χ4n) is 5.01. The molecule has 0 bridgehead atoms. The first kappa shape index (κ1) is 25.9. The third-order valence-electron chi connectivity index (χ3n) is 7.35. The molecule has 0 radical (unpaired) electrons. The summed E-state index contributed by atoms with van der Waals surface area (Å²) in [6.45, 7) is 2.88. The lowest BCUT2D eigenvalue weighted by Gasteiger charge is -2.25. The van der Waals surface area contributed by atoms with Crippen molar-refractivity contribution in [2.24, 2.45) is 5.41 Å². The van der Waals surface area contributed by atoms with Crippen LogP contribution in [0.15, 0.2) is 42.0 Å². The lowest BCUT2D eigenvalue weighted by atomic mass is 9.88. The van der Waals surface area contributed by atoms with Gasteiger partial charge in [0.05, 0.1) is 42.5 Å². The van der Waals surface area contributed by atoms with Crippen LogP contribution in [0.4, 0.5) is 18.9 Å². The number of ether oxygens (including phenoxy) is 2. The van der Waals surface area contributed by atoms with Crippen LogP contribution < -0.4 is 5.32 Å². The van der Waals surface area contributed by atoms with Crippen molar-refractivity contribution in [3.05, 3.63) is 53.5 Å². The van der Waals surface area contributed by atoms with Gasteiger partial charge in [-0.15, -0.1) is 8.78 Å². The molecule has 3 aliphatic rings. The predicted octanol–water partition coefficient (Wildman–Crippen LogP) is 2.95. The molecule has 1 aliphatic heterocycles. The van der Waals surface area contributed by atoms with Crippen molar-refractivity contribution in [2.45, 2.75) is 63.3 Å². The highest BCUT2D eigenvalue weighted by Crippen LogP contribution is 2.55. The summed E-state index contributed by atoms with van der Waals surface area (Å²) < 4.78 is 53.0. The molecule has 3 unspecified atom stereocenters. The van der Waals surface area contributed by atoms with Gasteiger partial charge in [-0.1, -0.05) is 26.0 Å². The van der Waals surface area contributed by atoms with E-state index in [0.717, 1.165) is 0 Å². The van der Waals surface area contributed by atoms with Crippen molar-refractivity contribution in [1.82, 2.24) is 4.57 Å². The van der Waals surface area contributed by atoms with Gasteiger partial charge in [0.15, 0.2) is 0 Å². The average Bonchev–Trinajstić information content (AvgIpc) is 3.50. The van der Waals surface area contributed by atoms with Gasteiger partial charge in [-0.3, -0.25) is 14.3 Å². The highest BCUT2D eigenvalue weighted by molar-refractivity contribution is 6.01. The Labute approximate surface area is 211 Å². The number of benzene rings is 1. The molecule has 1 aromatic heterocycles. The molecule has 1 saturated carbocycles. The smallest absolute Gasteiger partial charge is 0.395 e. The minimum Gasteiger partial charge on any atom is -0.395 e. The van der Waals surface area contributed by atoms with Crippen molar-refractivity contribution < 1.29 is 42.8 Å². The molecule has 200 valence electrons. The van der Waals surface area contributed by atoms with Crippen LogP contribution in [-0.2, 0) is 26.2 Å². The molecule has 3 atom stereocenters. The van der Waals surface area contributed by atoms with E-state index in [2.05, 4.69) is 14.8 Å². The lowest BCUT2D eigenvalue weighted by Crippen LogP contribution is -2.30. The highest BCUT2D eigenvalue weighted by atomic mass is 19.3. The predicted molar refractivity (Wildman–Crippen MR) is 127 cm³/mol. The number of amides is 1. The maximum Gasteiger partial charge on any atom is 0.486 e. The number of halogens is 3. The fourth-order valence-corrected chi connectivity index (χ4v) is 5.01. The SMILES string of the molecule is CC(C)(CO)c1cc2cc(NC(=O)C3(C4=CC5OC(F)(F)OC5C=C4)CC3)c(F)cc2n1CC(O)CO. The number of nitrogens with zero attached hydrogens (tertiary/aromatic N) is 1. The van der Waals surface area contributed by atoms with E-state index >= 15 is 4.39 Å². The summed E-state index contributed by atoms with van der Waals surface area (Å²) in [5, 5.41) is 32.5. The lowest BCUT2D eigenvalue weighted by molar-refractivity contribution is -0.347. The number of aliphatic hydroxyl groups is 3. The number of hydrogen-bond donors (Lipinski definition) is 4. The first-order valence-electron chi connectivity index (χ1n) is 12.1. The number of allylic oxidation sites excluding steroid dienone is 1. The van der Waals surface area contributed by atoms with E-state index in [1.165, 1.54) is 24.3 Å². The highest BCUT2D eigenvalue weighted by Gasteiger charge is 2.55. The Morgan fingerprint density at radius 1 is 1.22 bits per heavy atom. The van der Waals surface area contributed by atoms with Gasteiger partial charge < -0.3 is 25.2 Å². The monoisotopic (exact) mass is 522 g/mol. The minimum absolute atomic E-state index is 0.0134. The Hall–Kier alpha value is -2.70. The number of hydrogen-bond acceptors (Lipinski definition) is 6. The van der Waals surface area contributed by atoms with Crippen LogP contribution in [0, 0.1) is 11.2 Å². The zero-order chi connectivity index (χ0) is 26.8. The van der Waals surface area contributed by atoms with E-state index in [1.807, 2.05) is 0 Å². The van der Waals surface area contributed by atoms with Crippen molar-refractivity contribution >= 4 is 22.5 Å². The van der Waals surface area contributed by atoms with Crippen LogP contribution in [0.1, 0.15) is 32.4 Å². The zero-order valence-electron chi connectivity index (χ0n) is 20.4. The van der Waals surface area contributed by atoms with E-state index in [4.69, 9.17) is 0 Å². The van der Waals surface area contributed by atoms with Crippen LogP contribution in [0.5, 0.6) is 0 Å². The number of fused-ring (bicyclic) bond motifs is 2. The van der Waals surface area contributed by atoms with Crippen molar-refractivity contribution in [3.63, 3.8) is 0 Å². The minimum atomic E-state index is -3.70. The molecule has 5 rings (SSSR count). The third-order valence-corrected chi connectivity index (χ3v) is 7.35. The second-order valence-electron chi connectivity index (χ2n) is 10.6. The van der Waals surface area contributed by atoms with Crippen molar-refractivity contribution in [3.8, 4) is 0 Å². The number of aliphatic hydroxyl groups excluding tert-OH is 3. The summed E-state index contributed by atoms with van der Waals surface area (Å²) in [4.78, 5) is 13.3. The number of alkyl halides is 2. The second kappa shape index (κ2) is 8.95. The number of aromatic nitrogens is 1. The van der Waals surface area contributed by atoms with Gasteiger partial charge in [-0.25, -0.2) is 4.39 Å². The maximum atomic E-state index is 15.2. The summed E-state index contributed by atoms with van der Waals surface area (Å²) in [6.07, 6.45) is -1.33.